The highest BCUT2D eigenvalue weighted by atomic mass is 79.9. The smallest absolute Gasteiger partial charge is 0.122 e. The van der Waals surface area contributed by atoms with Crippen LogP contribution in [-0.4, -0.2) is 11.9 Å². The van der Waals surface area contributed by atoms with Gasteiger partial charge in [0.05, 0.1) is 6.61 Å². The van der Waals surface area contributed by atoms with Crippen LogP contribution in [0.1, 0.15) is 30.9 Å². The summed E-state index contributed by atoms with van der Waals surface area (Å²) in [5.41, 5.74) is 2.29. The third-order valence-electron chi connectivity index (χ3n) is 2.38. The van der Waals surface area contributed by atoms with E-state index in [2.05, 4.69) is 22.9 Å². The summed E-state index contributed by atoms with van der Waals surface area (Å²) >= 11 is 9.57. The van der Waals surface area contributed by atoms with Crippen LogP contribution in [0.5, 0.6) is 5.75 Å². The number of alkyl halides is 1. The summed E-state index contributed by atoms with van der Waals surface area (Å²) in [6, 6.07) is 4.08. The van der Waals surface area contributed by atoms with Crippen molar-refractivity contribution in [2.45, 2.75) is 33.1 Å². The van der Waals surface area contributed by atoms with Crippen molar-refractivity contribution in [3.63, 3.8) is 0 Å². The molecule has 0 aliphatic carbocycles. The second kappa shape index (κ2) is 7.18. The SMILES string of the molecule is CCCOc1cc(C)c(Cl)cc1CCCBr. The Bertz CT molecular complexity index is 306. The van der Waals surface area contributed by atoms with Crippen molar-refractivity contribution < 1.29 is 4.74 Å². The van der Waals surface area contributed by atoms with E-state index >= 15 is 0 Å². The Balaban J connectivity index is 2.87. The lowest BCUT2D eigenvalue weighted by Crippen LogP contribution is -2.00. The Morgan fingerprint density at radius 2 is 2.12 bits per heavy atom. The van der Waals surface area contributed by atoms with Gasteiger partial charge in [-0.15, -0.1) is 0 Å². The molecule has 0 atom stereocenters. The van der Waals surface area contributed by atoms with E-state index in [9.17, 15) is 0 Å². The molecule has 0 aliphatic heterocycles. The van der Waals surface area contributed by atoms with Gasteiger partial charge in [-0.3, -0.25) is 0 Å². The van der Waals surface area contributed by atoms with Crippen molar-refractivity contribution in [2.24, 2.45) is 0 Å². The molecular formula is C13H18BrClO. The second-order valence-electron chi connectivity index (χ2n) is 3.85. The first-order chi connectivity index (χ1) is 7.69. The van der Waals surface area contributed by atoms with Crippen molar-refractivity contribution in [3.8, 4) is 5.75 Å². The standard InChI is InChI=1S/C13H18BrClO/c1-3-7-16-13-8-10(2)12(15)9-11(13)5-4-6-14/h8-9H,3-7H2,1-2H3. The van der Waals surface area contributed by atoms with E-state index in [4.69, 9.17) is 16.3 Å². The summed E-state index contributed by atoms with van der Waals surface area (Å²) in [5.74, 6) is 0.990. The monoisotopic (exact) mass is 304 g/mol. The Morgan fingerprint density at radius 1 is 1.38 bits per heavy atom. The van der Waals surface area contributed by atoms with Crippen molar-refractivity contribution in [1.82, 2.24) is 0 Å². The van der Waals surface area contributed by atoms with Gasteiger partial charge in [-0.05, 0) is 49.4 Å². The van der Waals surface area contributed by atoms with Gasteiger partial charge in [0.1, 0.15) is 5.75 Å². The highest BCUT2D eigenvalue weighted by Crippen LogP contribution is 2.28. The molecule has 0 saturated heterocycles. The van der Waals surface area contributed by atoms with E-state index in [0.29, 0.717) is 0 Å². The molecule has 1 nitrogen and oxygen atoms in total. The van der Waals surface area contributed by atoms with Crippen LogP contribution in [0.3, 0.4) is 0 Å². The van der Waals surface area contributed by atoms with E-state index in [1.807, 2.05) is 19.1 Å². The maximum Gasteiger partial charge on any atom is 0.122 e. The highest BCUT2D eigenvalue weighted by Gasteiger charge is 2.07. The zero-order valence-electron chi connectivity index (χ0n) is 9.85. The summed E-state index contributed by atoms with van der Waals surface area (Å²) in [4.78, 5) is 0. The topological polar surface area (TPSA) is 9.23 Å². The number of aryl methyl sites for hydroxylation is 2. The first kappa shape index (κ1) is 13.9. The van der Waals surface area contributed by atoms with Gasteiger partial charge in [-0.1, -0.05) is 34.5 Å². The zero-order valence-corrected chi connectivity index (χ0v) is 12.2. The van der Waals surface area contributed by atoms with Crippen LogP contribution in [0, 0.1) is 6.92 Å². The van der Waals surface area contributed by atoms with Crippen LogP contribution in [0.2, 0.25) is 5.02 Å². The lowest BCUT2D eigenvalue weighted by atomic mass is 10.1. The molecule has 0 aromatic heterocycles. The summed E-state index contributed by atoms with van der Waals surface area (Å²) in [6.45, 7) is 4.89. The molecule has 0 bridgehead atoms. The average molecular weight is 306 g/mol. The maximum absolute atomic E-state index is 6.13. The molecule has 0 unspecified atom stereocenters. The molecule has 0 fully saturated rings. The van der Waals surface area contributed by atoms with Gasteiger partial charge in [0.2, 0.25) is 0 Å². The third-order valence-corrected chi connectivity index (χ3v) is 3.35. The maximum atomic E-state index is 6.13. The number of benzene rings is 1. The quantitative estimate of drug-likeness (QED) is 0.688. The molecule has 0 radical (unpaired) electrons. The molecule has 1 rings (SSSR count). The summed E-state index contributed by atoms with van der Waals surface area (Å²) < 4.78 is 5.75. The zero-order chi connectivity index (χ0) is 12.0. The van der Waals surface area contributed by atoms with Gasteiger partial charge in [-0.25, -0.2) is 0 Å². The predicted octanol–water partition coefficient (Wildman–Crippen LogP) is 4.76. The Morgan fingerprint density at radius 3 is 2.75 bits per heavy atom. The Kier molecular flexibility index (Phi) is 6.22. The van der Waals surface area contributed by atoms with Crippen LogP contribution in [0.25, 0.3) is 0 Å². The first-order valence-corrected chi connectivity index (χ1v) is 7.16. The van der Waals surface area contributed by atoms with E-state index < -0.39 is 0 Å². The molecule has 0 aliphatic rings. The van der Waals surface area contributed by atoms with E-state index in [1.54, 1.807) is 0 Å². The van der Waals surface area contributed by atoms with Crippen molar-refractivity contribution in [3.05, 3.63) is 28.3 Å². The summed E-state index contributed by atoms with van der Waals surface area (Å²) in [5, 5.41) is 1.83. The molecule has 1 aromatic rings. The minimum absolute atomic E-state index is 0.766. The van der Waals surface area contributed by atoms with E-state index in [1.165, 1.54) is 5.56 Å². The lowest BCUT2D eigenvalue weighted by Gasteiger charge is -2.12. The van der Waals surface area contributed by atoms with Gasteiger partial charge >= 0.3 is 0 Å². The molecule has 1 aromatic carbocycles. The van der Waals surface area contributed by atoms with Crippen molar-refractivity contribution in [2.75, 3.05) is 11.9 Å². The molecule has 3 heteroatoms. The van der Waals surface area contributed by atoms with E-state index in [0.717, 1.165) is 47.5 Å². The molecule has 0 heterocycles. The van der Waals surface area contributed by atoms with Crippen LogP contribution in [0.15, 0.2) is 12.1 Å². The molecule has 0 N–H and O–H groups in total. The summed E-state index contributed by atoms with van der Waals surface area (Å²) in [7, 11) is 0. The molecule has 0 amide bonds. The third kappa shape index (κ3) is 3.99. The van der Waals surface area contributed by atoms with Crippen molar-refractivity contribution >= 4 is 27.5 Å². The minimum Gasteiger partial charge on any atom is -0.493 e. The van der Waals surface area contributed by atoms with Gasteiger partial charge in [0, 0.05) is 10.4 Å². The van der Waals surface area contributed by atoms with Crippen LogP contribution in [-0.2, 0) is 6.42 Å². The predicted molar refractivity (Wildman–Crippen MR) is 74.1 cm³/mol. The number of hydrogen-bond acceptors (Lipinski definition) is 1. The van der Waals surface area contributed by atoms with Crippen molar-refractivity contribution in [1.29, 1.82) is 0 Å². The Hall–Kier alpha value is -0.210. The number of ether oxygens (including phenoxy) is 1. The fourth-order valence-electron chi connectivity index (χ4n) is 1.50. The van der Waals surface area contributed by atoms with Gasteiger partial charge in [0.15, 0.2) is 0 Å². The normalized spacial score (nSPS) is 10.5. The van der Waals surface area contributed by atoms with Crippen LogP contribution < -0.4 is 4.74 Å². The van der Waals surface area contributed by atoms with E-state index in [-0.39, 0.29) is 0 Å². The number of halogens is 2. The molecule has 0 saturated carbocycles. The van der Waals surface area contributed by atoms with Gasteiger partial charge in [-0.2, -0.15) is 0 Å². The summed E-state index contributed by atoms with van der Waals surface area (Å²) in [6.07, 6.45) is 3.13. The Labute approximate surface area is 111 Å². The number of hydrogen-bond donors (Lipinski definition) is 0. The largest absolute Gasteiger partial charge is 0.493 e. The highest BCUT2D eigenvalue weighted by molar-refractivity contribution is 9.09. The minimum atomic E-state index is 0.766. The second-order valence-corrected chi connectivity index (χ2v) is 5.05. The average Bonchev–Trinajstić information content (AvgIpc) is 2.28. The van der Waals surface area contributed by atoms with Crippen LogP contribution in [0.4, 0.5) is 0 Å². The fraction of sp³-hybridized carbons (Fsp3) is 0.538. The van der Waals surface area contributed by atoms with Crippen LogP contribution >= 0.6 is 27.5 Å². The fourth-order valence-corrected chi connectivity index (χ4v) is 1.96. The molecule has 0 spiro atoms. The molecular weight excluding hydrogens is 287 g/mol. The van der Waals surface area contributed by atoms with Gasteiger partial charge in [0.25, 0.3) is 0 Å². The first-order valence-electron chi connectivity index (χ1n) is 5.66. The molecule has 90 valence electrons. The lowest BCUT2D eigenvalue weighted by molar-refractivity contribution is 0.314. The van der Waals surface area contributed by atoms with Gasteiger partial charge < -0.3 is 4.74 Å². The number of rotatable bonds is 6. The molecule has 16 heavy (non-hydrogen) atoms.